The maximum Gasteiger partial charge on any atom is 0.275 e. The van der Waals surface area contributed by atoms with Crippen molar-refractivity contribution >= 4 is 11.5 Å². The van der Waals surface area contributed by atoms with E-state index in [4.69, 9.17) is 5.10 Å². The Balaban J connectivity index is 1.20. The summed E-state index contributed by atoms with van der Waals surface area (Å²) in [5, 5.41) is 15.7. The van der Waals surface area contributed by atoms with Gasteiger partial charge in [0.2, 0.25) is 0 Å². The van der Waals surface area contributed by atoms with Gasteiger partial charge >= 0.3 is 0 Å². The fourth-order valence-electron chi connectivity index (χ4n) is 7.45. The van der Waals surface area contributed by atoms with Crippen molar-refractivity contribution in [3.8, 4) is 11.1 Å². The Kier molecular flexibility index (Phi) is 7.26. The zero-order valence-electron chi connectivity index (χ0n) is 23.9. The molecule has 0 bridgehead atoms. The maximum atomic E-state index is 14.6. The summed E-state index contributed by atoms with van der Waals surface area (Å²) in [6, 6.07) is 2.98. The van der Waals surface area contributed by atoms with Crippen molar-refractivity contribution in [1.82, 2.24) is 35.1 Å². The molecule has 4 aliphatic rings. The van der Waals surface area contributed by atoms with E-state index >= 15 is 0 Å². The molecular formula is C30H38F4N8. The molecule has 4 aliphatic heterocycles. The largest absolute Gasteiger partial charge is 0.324 e. The minimum atomic E-state index is -2.72. The van der Waals surface area contributed by atoms with Gasteiger partial charge in [-0.3, -0.25) is 14.3 Å². The lowest BCUT2D eigenvalue weighted by Crippen LogP contribution is -2.58. The quantitative estimate of drug-likeness (QED) is 0.427. The molecule has 226 valence electrons. The van der Waals surface area contributed by atoms with Gasteiger partial charge in [0.05, 0.1) is 24.8 Å². The molecule has 1 aromatic carbocycles. The number of hydrogen-bond acceptors (Lipinski definition) is 6. The predicted octanol–water partition coefficient (Wildman–Crippen LogP) is 4.59. The van der Waals surface area contributed by atoms with Crippen LogP contribution >= 0.6 is 0 Å². The van der Waals surface area contributed by atoms with Crippen LogP contribution in [0.4, 0.5) is 29.1 Å². The van der Waals surface area contributed by atoms with Crippen LogP contribution in [-0.2, 0) is 26.4 Å². The average Bonchev–Trinajstić information content (AvgIpc) is 3.60. The number of alkyl halides is 4. The van der Waals surface area contributed by atoms with E-state index in [1.54, 1.807) is 30.2 Å². The lowest BCUT2D eigenvalue weighted by atomic mass is 9.93. The smallest absolute Gasteiger partial charge is 0.275 e. The highest BCUT2D eigenvalue weighted by Gasteiger charge is 2.46. The molecule has 2 aromatic heterocycles. The molecule has 6 heterocycles. The predicted molar refractivity (Wildman–Crippen MR) is 153 cm³/mol. The highest BCUT2D eigenvalue weighted by Crippen LogP contribution is 2.43. The zero-order chi connectivity index (χ0) is 29.0. The molecule has 2 saturated heterocycles. The molecule has 2 fully saturated rings. The summed E-state index contributed by atoms with van der Waals surface area (Å²) in [6.07, 6.45) is 5.31. The number of nitrogens with one attached hydrogen (secondary N) is 2. The summed E-state index contributed by atoms with van der Waals surface area (Å²) in [7, 11) is 1.78. The number of aromatic nitrogens is 4. The van der Waals surface area contributed by atoms with Gasteiger partial charge in [-0.05, 0) is 61.9 Å². The van der Waals surface area contributed by atoms with Gasteiger partial charge in [0.15, 0.2) is 5.82 Å². The molecular weight excluding hydrogens is 548 g/mol. The van der Waals surface area contributed by atoms with E-state index in [9.17, 15) is 17.6 Å². The molecule has 1 atom stereocenters. The van der Waals surface area contributed by atoms with E-state index in [0.717, 1.165) is 61.3 Å². The second-order valence-corrected chi connectivity index (χ2v) is 12.2. The summed E-state index contributed by atoms with van der Waals surface area (Å²) in [5.74, 6) is -1.88. The number of hydrogen-bond donors (Lipinski definition) is 2. The van der Waals surface area contributed by atoms with Crippen molar-refractivity contribution < 1.29 is 17.6 Å². The van der Waals surface area contributed by atoms with Gasteiger partial charge in [-0.2, -0.15) is 10.2 Å². The van der Waals surface area contributed by atoms with E-state index < -0.39 is 18.4 Å². The Hall–Kier alpha value is -2.96. The van der Waals surface area contributed by atoms with Crippen LogP contribution in [0.25, 0.3) is 11.1 Å². The number of benzene rings is 1. The van der Waals surface area contributed by atoms with E-state index in [2.05, 4.69) is 25.3 Å². The molecule has 0 amide bonds. The molecule has 1 unspecified atom stereocenters. The number of likely N-dealkylation sites (tertiary alicyclic amines) is 1. The number of aryl methyl sites for hydroxylation is 2. The van der Waals surface area contributed by atoms with E-state index in [1.807, 2.05) is 11.0 Å². The Labute approximate surface area is 243 Å². The molecule has 2 N–H and O–H groups in total. The van der Waals surface area contributed by atoms with Gasteiger partial charge in [-0.1, -0.05) is 0 Å². The summed E-state index contributed by atoms with van der Waals surface area (Å²) in [4.78, 5) is 4.10. The Bertz CT molecular complexity index is 1440. The zero-order valence-corrected chi connectivity index (χ0v) is 23.9. The molecule has 8 nitrogen and oxygen atoms in total. The minimum Gasteiger partial charge on any atom is -0.324 e. The maximum absolute atomic E-state index is 14.6. The lowest BCUT2D eigenvalue weighted by molar-refractivity contribution is -0.102. The SMILES string of the molecule is Cn1cc(-c2cc3c(cc2C(F)F)N(c2nn(C4CCN(C5CCNCC5(F)F)CC4)c4c2CNCC4)CCC3)cn1. The van der Waals surface area contributed by atoms with E-state index in [0.29, 0.717) is 50.3 Å². The first-order chi connectivity index (χ1) is 20.3. The first kappa shape index (κ1) is 27.8. The molecule has 12 heteroatoms. The monoisotopic (exact) mass is 586 g/mol. The number of rotatable bonds is 5. The molecule has 0 radical (unpaired) electrons. The molecule has 42 heavy (non-hydrogen) atoms. The third kappa shape index (κ3) is 4.90. The van der Waals surface area contributed by atoms with Crippen LogP contribution in [0.5, 0.6) is 0 Å². The van der Waals surface area contributed by atoms with Crippen molar-refractivity contribution in [2.24, 2.45) is 7.05 Å². The number of halogens is 4. The van der Waals surface area contributed by atoms with Crippen LogP contribution < -0.4 is 15.5 Å². The van der Waals surface area contributed by atoms with Crippen LogP contribution in [-0.4, -0.2) is 75.7 Å². The first-order valence-electron chi connectivity index (χ1n) is 15.2. The van der Waals surface area contributed by atoms with E-state index in [-0.39, 0.29) is 18.2 Å². The van der Waals surface area contributed by atoms with Crippen molar-refractivity contribution in [1.29, 1.82) is 0 Å². The van der Waals surface area contributed by atoms with Crippen molar-refractivity contribution in [2.75, 3.05) is 44.2 Å². The summed E-state index contributed by atoms with van der Waals surface area (Å²) in [6.45, 7) is 3.83. The average molecular weight is 587 g/mol. The van der Waals surface area contributed by atoms with Gasteiger partial charge in [0, 0.05) is 80.5 Å². The summed E-state index contributed by atoms with van der Waals surface area (Å²) in [5.41, 5.74) is 5.35. The fourth-order valence-corrected chi connectivity index (χ4v) is 7.45. The Morgan fingerprint density at radius 1 is 1.02 bits per heavy atom. The van der Waals surface area contributed by atoms with E-state index in [1.165, 1.54) is 5.69 Å². The second kappa shape index (κ2) is 10.9. The fraction of sp³-hybridized carbons (Fsp3) is 0.600. The van der Waals surface area contributed by atoms with Crippen molar-refractivity contribution in [3.63, 3.8) is 0 Å². The lowest BCUT2D eigenvalue weighted by Gasteiger charge is -2.43. The normalized spacial score (nSPS) is 23.3. The van der Waals surface area contributed by atoms with Gasteiger partial charge in [0.1, 0.15) is 0 Å². The standard InChI is InChI=1S/C30H38F4N8/c1-39-17-20(15-37-39)22-13-19-3-2-10-41(26(19)14-23(22)28(31)32)29-24-16-35-8-4-25(24)42(38-29)21-6-11-40(12-7-21)27-5-9-36-18-30(27,33)34/h13-15,17,21,27-28,35-36H,2-12,16,18H2,1H3. The first-order valence-corrected chi connectivity index (χ1v) is 15.2. The van der Waals surface area contributed by atoms with Gasteiger partial charge in [-0.25, -0.2) is 17.6 Å². The Morgan fingerprint density at radius 2 is 1.86 bits per heavy atom. The minimum absolute atomic E-state index is 0.00200. The Morgan fingerprint density at radius 3 is 2.60 bits per heavy atom. The molecule has 3 aromatic rings. The number of nitrogens with zero attached hydrogens (tertiary/aromatic N) is 6. The molecule has 0 aliphatic carbocycles. The second-order valence-electron chi connectivity index (χ2n) is 12.2. The number of fused-ring (bicyclic) bond motifs is 2. The third-order valence-corrected chi connectivity index (χ3v) is 9.54. The van der Waals surface area contributed by atoms with Crippen LogP contribution in [0.2, 0.25) is 0 Å². The highest BCUT2D eigenvalue weighted by molar-refractivity contribution is 5.76. The summed E-state index contributed by atoms with van der Waals surface area (Å²) < 4.78 is 61.9. The van der Waals surface area contributed by atoms with Crippen LogP contribution in [0.3, 0.4) is 0 Å². The number of anilines is 2. The molecule has 0 saturated carbocycles. The van der Waals surface area contributed by atoms with Gasteiger partial charge in [-0.15, -0.1) is 0 Å². The van der Waals surface area contributed by atoms with Crippen LogP contribution in [0.1, 0.15) is 60.5 Å². The molecule has 0 spiro atoms. The topological polar surface area (TPSA) is 66.2 Å². The van der Waals surface area contributed by atoms with Crippen molar-refractivity contribution in [2.45, 2.75) is 69.5 Å². The van der Waals surface area contributed by atoms with Crippen LogP contribution in [0, 0.1) is 0 Å². The third-order valence-electron chi connectivity index (χ3n) is 9.54. The van der Waals surface area contributed by atoms with Gasteiger partial charge in [0.25, 0.3) is 12.3 Å². The number of piperidine rings is 2. The molecule has 7 rings (SSSR count). The van der Waals surface area contributed by atoms with Crippen molar-refractivity contribution in [3.05, 3.63) is 46.9 Å². The van der Waals surface area contributed by atoms with Gasteiger partial charge < -0.3 is 15.5 Å². The summed E-state index contributed by atoms with van der Waals surface area (Å²) >= 11 is 0. The van der Waals surface area contributed by atoms with Crippen LogP contribution in [0.15, 0.2) is 24.5 Å². The highest BCUT2D eigenvalue weighted by atomic mass is 19.3.